The molecule has 0 radical (unpaired) electrons. The molecule has 0 saturated heterocycles. The molecule has 0 N–H and O–H groups in total. The van der Waals surface area contributed by atoms with Gasteiger partial charge in [-0.1, -0.05) is 6.92 Å². The molecule has 0 aliphatic carbocycles. The van der Waals surface area contributed by atoms with Gasteiger partial charge in [0, 0.05) is 0 Å². The summed E-state index contributed by atoms with van der Waals surface area (Å²) in [6.45, 7) is 8.81. The van der Waals surface area contributed by atoms with Crippen molar-refractivity contribution in [2.24, 2.45) is 0 Å². The Morgan fingerprint density at radius 1 is 1.23 bits per heavy atom. The molecule has 0 rings (SSSR count). The summed E-state index contributed by atoms with van der Waals surface area (Å²) in [5.74, 6) is 0. The van der Waals surface area contributed by atoms with Crippen LogP contribution in [0, 0.1) is 0 Å². The summed E-state index contributed by atoms with van der Waals surface area (Å²) in [4.78, 5) is 11.5. The number of carbonyl (C=O) groups excluding carboxylic acids is 1. The molecule has 0 saturated carbocycles. The van der Waals surface area contributed by atoms with E-state index in [-0.39, 0.29) is 29.7 Å². The van der Waals surface area contributed by atoms with E-state index >= 15 is 0 Å². The number of rotatable bonds is 5. The molecule has 0 fully saturated rings. The molecule has 0 aliphatic rings. The first-order chi connectivity index (χ1) is 5.60. The van der Waals surface area contributed by atoms with Crippen molar-refractivity contribution in [3.8, 4) is 0 Å². The number of halogens is 1. The average molecular weight is 318 g/mol. The zero-order chi connectivity index (χ0) is 9.61. The number of ether oxygens (including phenoxy) is 1. The SMILES string of the molecule is CCCOC(=O)[P+](C)(CC)CC.[I-]. The highest BCUT2D eigenvalue weighted by Crippen LogP contribution is 2.55. The van der Waals surface area contributed by atoms with Gasteiger partial charge in [-0.3, -0.25) is 0 Å². The molecule has 0 aromatic rings. The first-order valence-corrected chi connectivity index (χ1v) is 7.23. The normalized spacial score (nSPS) is 10.5. The van der Waals surface area contributed by atoms with Gasteiger partial charge < -0.3 is 28.7 Å². The van der Waals surface area contributed by atoms with E-state index in [1.54, 1.807) is 0 Å². The zero-order valence-corrected chi connectivity index (χ0v) is 12.0. The van der Waals surface area contributed by atoms with E-state index < -0.39 is 7.26 Å². The predicted octanol–water partition coefficient (Wildman–Crippen LogP) is 0.224. The number of carbonyl (C=O) groups is 1. The Kier molecular flexibility index (Phi) is 9.87. The molecule has 0 aliphatic heterocycles. The molecule has 0 bridgehead atoms. The fraction of sp³-hybridized carbons (Fsp3) is 0.889. The van der Waals surface area contributed by atoms with E-state index in [0.717, 1.165) is 18.7 Å². The van der Waals surface area contributed by atoms with E-state index in [4.69, 9.17) is 4.74 Å². The summed E-state index contributed by atoms with van der Waals surface area (Å²) in [5.41, 5.74) is 0.0642. The van der Waals surface area contributed by atoms with Gasteiger partial charge in [-0.25, -0.2) is 4.79 Å². The highest BCUT2D eigenvalue weighted by molar-refractivity contribution is 7.89. The second kappa shape index (κ2) is 7.98. The Bertz CT molecular complexity index is 147. The predicted molar refractivity (Wildman–Crippen MR) is 55.6 cm³/mol. The molecule has 0 aromatic heterocycles. The maximum Gasteiger partial charge on any atom is 0.450 e. The van der Waals surface area contributed by atoms with E-state index in [2.05, 4.69) is 20.5 Å². The highest BCUT2D eigenvalue weighted by atomic mass is 127. The Morgan fingerprint density at radius 2 is 1.69 bits per heavy atom. The smallest absolute Gasteiger partial charge is 0.450 e. The fourth-order valence-electron chi connectivity index (χ4n) is 0.827. The first-order valence-electron chi connectivity index (χ1n) is 4.62. The third-order valence-corrected chi connectivity index (χ3v) is 6.07. The number of hydrogen-bond donors (Lipinski definition) is 0. The lowest BCUT2D eigenvalue weighted by molar-refractivity contribution is -0.00000733. The van der Waals surface area contributed by atoms with Gasteiger partial charge in [-0.05, 0) is 20.3 Å². The van der Waals surface area contributed by atoms with Gasteiger partial charge in [0.05, 0.1) is 25.6 Å². The minimum absolute atomic E-state index is 0. The van der Waals surface area contributed by atoms with Crippen molar-refractivity contribution < 1.29 is 33.5 Å². The Morgan fingerprint density at radius 3 is 2.00 bits per heavy atom. The van der Waals surface area contributed by atoms with Crippen molar-refractivity contribution in [2.75, 3.05) is 25.6 Å². The molecule has 2 nitrogen and oxygen atoms in total. The summed E-state index contributed by atoms with van der Waals surface area (Å²) in [5, 5.41) is 0. The summed E-state index contributed by atoms with van der Waals surface area (Å²) in [6.07, 6.45) is 2.84. The molecule has 0 amide bonds. The van der Waals surface area contributed by atoms with Gasteiger partial charge in [0.1, 0.15) is 7.26 Å². The molecule has 13 heavy (non-hydrogen) atoms. The van der Waals surface area contributed by atoms with Crippen LogP contribution in [0.1, 0.15) is 27.2 Å². The van der Waals surface area contributed by atoms with E-state index in [9.17, 15) is 4.79 Å². The maximum absolute atomic E-state index is 11.5. The van der Waals surface area contributed by atoms with Crippen molar-refractivity contribution in [3.05, 3.63) is 0 Å². The van der Waals surface area contributed by atoms with Gasteiger partial charge >= 0.3 is 5.71 Å². The quantitative estimate of drug-likeness (QED) is 0.536. The standard InChI is InChI=1S/C9H20O2P.HI/c1-5-8-11-9(10)12(4,6-2)7-3;/h5-8H2,1-4H3;1H/q+1;/p-1. The van der Waals surface area contributed by atoms with Gasteiger partial charge in [-0.15, -0.1) is 0 Å². The lowest BCUT2D eigenvalue weighted by Crippen LogP contribution is -3.00. The minimum atomic E-state index is -1.41. The minimum Gasteiger partial charge on any atom is -1.00 e. The lowest BCUT2D eigenvalue weighted by Gasteiger charge is -2.15. The lowest BCUT2D eigenvalue weighted by atomic mass is 10.5. The third kappa shape index (κ3) is 5.16. The topological polar surface area (TPSA) is 26.3 Å². The highest BCUT2D eigenvalue weighted by Gasteiger charge is 2.39. The summed E-state index contributed by atoms with van der Waals surface area (Å²) < 4.78 is 5.15. The first kappa shape index (κ1) is 16.1. The Hall–Kier alpha value is 0.630. The molecule has 4 heteroatoms. The summed E-state index contributed by atoms with van der Waals surface area (Å²) >= 11 is 0. The van der Waals surface area contributed by atoms with Gasteiger partial charge in [-0.2, -0.15) is 0 Å². The van der Waals surface area contributed by atoms with Crippen molar-refractivity contribution in [1.82, 2.24) is 0 Å². The van der Waals surface area contributed by atoms with Gasteiger partial charge in [0.15, 0.2) is 0 Å². The van der Waals surface area contributed by atoms with Gasteiger partial charge in [0.25, 0.3) is 0 Å². The monoisotopic (exact) mass is 318 g/mol. The molecule has 0 spiro atoms. The zero-order valence-electron chi connectivity index (χ0n) is 8.97. The molecule has 0 unspecified atom stereocenters. The Labute approximate surface area is 99.2 Å². The van der Waals surface area contributed by atoms with Crippen molar-refractivity contribution in [2.45, 2.75) is 27.2 Å². The van der Waals surface area contributed by atoms with Crippen LogP contribution in [-0.2, 0) is 4.74 Å². The van der Waals surface area contributed by atoms with Crippen LogP contribution < -0.4 is 24.0 Å². The largest absolute Gasteiger partial charge is 1.00 e. The van der Waals surface area contributed by atoms with Gasteiger partial charge in [0.2, 0.25) is 0 Å². The molecular weight excluding hydrogens is 298 g/mol. The molecular formula is C9H20IO2P. The third-order valence-electron chi connectivity index (χ3n) is 2.27. The average Bonchev–Trinajstić information content (AvgIpc) is 2.12. The summed E-state index contributed by atoms with van der Waals surface area (Å²) in [6, 6.07) is 0. The molecule has 0 heterocycles. The maximum atomic E-state index is 11.5. The van der Waals surface area contributed by atoms with Crippen molar-refractivity contribution in [3.63, 3.8) is 0 Å². The van der Waals surface area contributed by atoms with Crippen LogP contribution >= 0.6 is 7.26 Å². The van der Waals surface area contributed by atoms with Crippen LogP contribution in [0.3, 0.4) is 0 Å². The molecule has 0 aromatic carbocycles. The van der Waals surface area contributed by atoms with Crippen molar-refractivity contribution >= 4 is 13.0 Å². The molecule has 80 valence electrons. The van der Waals surface area contributed by atoms with Crippen LogP contribution in [0.5, 0.6) is 0 Å². The van der Waals surface area contributed by atoms with Crippen LogP contribution in [0.25, 0.3) is 0 Å². The summed E-state index contributed by atoms with van der Waals surface area (Å²) in [7, 11) is -1.41. The van der Waals surface area contributed by atoms with E-state index in [1.165, 1.54) is 0 Å². The van der Waals surface area contributed by atoms with E-state index in [1.807, 2.05) is 6.92 Å². The molecule has 0 atom stereocenters. The van der Waals surface area contributed by atoms with Crippen LogP contribution in [0.15, 0.2) is 0 Å². The second-order valence-corrected chi connectivity index (χ2v) is 7.56. The second-order valence-electron chi connectivity index (χ2n) is 3.14. The van der Waals surface area contributed by atoms with Crippen molar-refractivity contribution in [1.29, 1.82) is 0 Å². The Balaban J connectivity index is 0. The van der Waals surface area contributed by atoms with E-state index in [0.29, 0.717) is 6.61 Å². The van der Waals surface area contributed by atoms with Crippen LogP contribution in [0.4, 0.5) is 4.79 Å². The number of hydrogen-bond acceptors (Lipinski definition) is 2. The van der Waals surface area contributed by atoms with Crippen LogP contribution in [-0.4, -0.2) is 31.3 Å². The van der Waals surface area contributed by atoms with Crippen LogP contribution in [0.2, 0.25) is 0 Å². The fourth-order valence-corrected chi connectivity index (χ4v) is 2.19.